The number of sulfonamides is 1. The normalized spacial score (nSPS) is 11.4. The van der Waals surface area contributed by atoms with E-state index in [2.05, 4.69) is 9.71 Å². The van der Waals surface area contributed by atoms with E-state index in [1.165, 1.54) is 0 Å². The quantitative estimate of drug-likeness (QED) is 0.880. The molecule has 1 aromatic heterocycles. The van der Waals surface area contributed by atoms with Gasteiger partial charge in [0, 0.05) is 26.0 Å². The lowest BCUT2D eigenvalue weighted by atomic mass is 10.2. The van der Waals surface area contributed by atoms with Crippen LogP contribution in [0.4, 0.5) is 0 Å². The van der Waals surface area contributed by atoms with Crippen LogP contribution < -0.4 is 4.72 Å². The summed E-state index contributed by atoms with van der Waals surface area (Å²) in [6.45, 7) is 0.594. The molecule has 106 valence electrons. The van der Waals surface area contributed by atoms with Gasteiger partial charge in [0.2, 0.25) is 10.0 Å². The lowest BCUT2D eigenvalue weighted by Crippen LogP contribution is -2.23. The third-order valence-corrected chi connectivity index (χ3v) is 4.11. The number of methoxy groups -OCH3 is 1. The van der Waals surface area contributed by atoms with Crippen molar-refractivity contribution in [3.05, 3.63) is 59.9 Å². The number of hydrogen-bond acceptors (Lipinski definition) is 4. The van der Waals surface area contributed by atoms with Crippen LogP contribution in [0, 0.1) is 0 Å². The van der Waals surface area contributed by atoms with Crippen LogP contribution in [-0.2, 0) is 27.9 Å². The second-order valence-electron chi connectivity index (χ2n) is 4.27. The van der Waals surface area contributed by atoms with Crippen molar-refractivity contribution >= 4 is 10.0 Å². The van der Waals surface area contributed by atoms with Gasteiger partial charge in [-0.05, 0) is 29.3 Å². The molecule has 0 atom stereocenters. The Balaban J connectivity index is 2.12. The molecule has 0 aliphatic heterocycles. The third kappa shape index (κ3) is 3.86. The summed E-state index contributed by atoms with van der Waals surface area (Å²) in [4.78, 5) is 4.18. The van der Waals surface area contributed by atoms with Gasteiger partial charge in [0.25, 0.3) is 0 Å². The van der Waals surface area contributed by atoms with Crippen LogP contribution in [0.3, 0.4) is 0 Å². The molecule has 0 radical (unpaired) electrons. The SMILES string of the molecule is COCc1cccc(S(=O)(=O)NCc2cccnc2)c1. The van der Waals surface area contributed by atoms with E-state index in [1.807, 2.05) is 12.1 Å². The van der Waals surface area contributed by atoms with Gasteiger partial charge in [0.1, 0.15) is 0 Å². The first-order valence-corrected chi connectivity index (χ1v) is 7.56. The van der Waals surface area contributed by atoms with E-state index >= 15 is 0 Å². The maximum Gasteiger partial charge on any atom is 0.240 e. The molecule has 1 heterocycles. The molecular formula is C14H16N2O3S. The Hall–Kier alpha value is -1.76. The maximum atomic E-state index is 12.2. The summed E-state index contributed by atoms with van der Waals surface area (Å²) in [5, 5.41) is 0. The molecule has 20 heavy (non-hydrogen) atoms. The van der Waals surface area contributed by atoms with Gasteiger partial charge < -0.3 is 4.74 Å². The zero-order valence-corrected chi connectivity index (χ0v) is 11.9. The van der Waals surface area contributed by atoms with Gasteiger partial charge in [-0.2, -0.15) is 0 Å². The van der Waals surface area contributed by atoms with Crippen molar-refractivity contribution in [2.45, 2.75) is 18.0 Å². The molecule has 5 nitrogen and oxygen atoms in total. The van der Waals surface area contributed by atoms with Crippen LogP contribution in [0.5, 0.6) is 0 Å². The highest BCUT2D eigenvalue weighted by molar-refractivity contribution is 7.89. The van der Waals surface area contributed by atoms with Gasteiger partial charge in [0.05, 0.1) is 11.5 Å². The number of hydrogen-bond donors (Lipinski definition) is 1. The fourth-order valence-corrected chi connectivity index (χ4v) is 2.82. The molecule has 0 amide bonds. The van der Waals surface area contributed by atoms with E-state index in [-0.39, 0.29) is 11.4 Å². The Labute approximate surface area is 118 Å². The number of rotatable bonds is 6. The first-order valence-electron chi connectivity index (χ1n) is 6.08. The number of benzene rings is 1. The zero-order chi connectivity index (χ0) is 14.4. The van der Waals surface area contributed by atoms with Crippen molar-refractivity contribution < 1.29 is 13.2 Å². The topological polar surface area (TPSA) is 68.3 Å². The largest absolute Gasteiger partial charge is 0.380 e. The third-order valence-electron chi connectivity index (χ3n) is 2.71. The van der Waals surface area contributed by atoms with Gasteiger partial charge in [-0.1, -0.05) is 18.2 Å². The Kier molecular flexibility index (Phi) is 4.84. The molecule has 0 aliphatic carbocycles. The number of pyridine rings is 1. The van der Waals surface area contributed by atoms with Crippen molar-refractivity contribution in [2.75, 3.05) is 7.11 Å². The predicted octanol–water partition coefficient (Wildman–Crippen LogP) is 1.71. The van der Waals surface area contributed by atoms with Crippen LogP contribution >= 0.6 is 0 Å². The van der Waals surface area contributed by atoms with E-state index in [1.54, 1.807) is 43.8 Å². The highest BCUT2D eigenvalue weighted by Gasteiger charge is 2.14. The first kappa shape index (κ1) is 14.6. The minimum Gasteiger partial charge on any atom is -0.380 e. The number of aromatic nitrogens is 1. The first-order chi connectivity index (χ1) is 9.62. The molecule has 0 fully saturated rings. The van der Waals surface area contributed by atoms with E-state index in [0.717, 1.165) is 11.1 Å². The Morgan fingerprint density at radius 1 is 1.20 bits per heavy atom. The lowest BCUT2D eigenvalue weighted by molar-refractivity contribution is 0.184. The van der Waals surface area contributed by atoms with E-state index < -0.39 is 10.0 Å². The number of nitrogens with zero attached hydrogens (tertiary/aromatic N) is 1. The lowest BCUT2D eigenvalue weighted by Gasteiger charge is -2.08. The minimum absolute atomic E-state index is 0.213. The Morgan fingerprint density at radius 2 is 2.00 bits per heavy atom. The van der Waals surface area contributed by atoms with Crippen molar-refractivity contribution in [1.82, 2.24) is 9.71 Å². The average Bonchev–Trinajstić information content (AvgIpc) is 2.47. The van der Waals surface area contributed by atoms with Crippen molar-refractivity contribution in [2.24, 2.45) is 0 Å². The van der Waals surface area contributed by atoms with Crippen LogP contribution in [0.2, 0.25) is 0 Å². The summed E-state index contributed by atoms with van der Waals surface area (Å²) >= 11 is 0. The summed E-state index contributed by atoms with van der Waals surface area (Å²) in [5.74, 6) is 0. The van der Waals surface area contributed by atoms with Crippen LogP contribution in [0.1, 0.15) is 11.1 Å². The highest BCUT2D eigenvalue weighted by atomic mass is 32.2. The summed E-state index contributed by atoms with van der Waals surface area (Å²) in [6.07, 6.45) is 3.27. The molecule has 1 aromatic carbocycles. The van der Waals surface area contributed by atoms with Crippen molar-refractivity contribution in [3.63, 3.8) is 0 Å². The van der Waals surface area contributed by atoms with E-state index in [0.29, 0.717) is 6.61 Å². The van der Waals surface area contributed by atoms with Crippen LogP contribution in [0.15, 0.2) is 53.7 Å². The average molecular weight is 292 g/mol. The van der Waals surface area contributed by atoms with Crippen molar-refractivity contribution in [3.8, 4) is 0 Å². The molecule has 1 N–H and O–H groups in total. The van der Waals surface area contributed by atoms with Crippen LogP contribution in [0.25, 0.3) is 0 Å². The van der Waals surface area contributed by atoms with Gasteiger partial charge in [-0.3, -0.25) is 4.98 Å². The molecule has 6 heteroatoms. The minimum atomic E-state index is -3.53. The van der Waals surface area contributed by atoms with Gasteiger partial charge in [0.15, 0.2) is 0 Å². The standard InChI is InChI=1S/C14H16N2O3S/c1-19-11-12-4-2-6-14(8-12)20(17,18)16-10-13-5-3-7-15-9-13/h2-9,16H,10-11H2,1H3. The smallest absolute Gasteiger partial charge is 0.240 e. The fraction of sp³-hybridized carbons (Fsp3) is 0.214. The molecule has 0 bridgehead atoms. The van der Waals surface area contributed by atoms with E-state index in [4.69, 9.17) is 4.74 Å². The van der Waals surface area contributed by atoms with Crippen molar-refractivity contribution in [1.29, 1.82) is 0 Å². The molecule has 0 spiro atoms. The fourth-order valence-electron chi connectivity index (χ4n) is 1.73. The van der Waals surface area contributed by atoms with Gasteiger partial charge >= 0.3 is 0 Å². The van der Waals surface area contributed by atoms with Gasteiger partial charge in [-0.15, -0.1) is 0 Å². The summed E-state index contributed by atoms with van der Waals surface area (Å²) in [5.41, 5.74) is 1.63. The predicted molar refractivity (Wildman–Crippen MR) is 75.4 cm³/mol. The molecule has 2 aromatic rings. The summed E-state index contributed by atoms with van der Waals surface area (Å²) in [6, 6.07) is 10.3. The molecular weight excluding hydrogens is 276 g/mol. The molecule has 0 saturated heterocycles. The molecule has 0 unspecified atom stereocenters. The number of nitrogens with one attached hydrogen (secondary N) is 1. The Bertz CT molecular complexity index is 657. The van der Waals surface area contributed by atoms with E-state index in [9.17, 15) is 8.42 Å². The monoisotopic (exact) mass is 292 g/mol. The summed E-state index contributed by atoms with van der Waals surface area (Å²) < 4.78 is 31.9. The maximum absolute atomic E-state index is 12.2. The second kappa shape index (κ2) is 6.60. The highest BCUT2D eigenvalue weighted by Crippen LogP contribution is 2.12. The van der Waals surface area contributed by atoms with Crippen LogP contribution in [-0.4, -0.2) is 20.5 Å². The second-order valence-corrected chi connectivity index (χ2v) is 6.03. The Morgan fingerprint density at radius 3 is 2.70 bits per heavy atom. The molecule has 0 aliphatic rings. The molecule has 2 rings (SSSR count). The summed E-state index contributed by atoms with van der Waals surface area (Å²) in [7, 11) is -1.96. The molecule has 0 saturated carbocycles. The van der Waals surface area contributed by atoms with Gasteiger partial charge in [-0.25, -0.2) is 13.1 Å². The number of ether oxygens (including phenoxy) is 1. The zero-order valence-electron chi connectivity index (χ0n) is 11.1.